The lowest BCUT2D eigenvalue weighted by atomic mass is 9.75. The van der Waals surface area contributed by atoms with Gasteiger partial charge in [-0.3, -0.25) is 4.79 Å². The van der Waals surface area contributed by atoms with Crippen molar-refractivity contribution in [3.63, 3.8) is 0 Å². The highest BCUT2D eigenvalue weighted by Crippen LogP contribution is 2.44. The second-order valence-electron chi connectivity index (χ2n) is 12.6. The fraction of sp³-hybridized carbons (Fsp3) is 0.719. The molecule has 0 N–H and O–H groups in total. The Morgan fingerprint density at radius 1 is 0.846 bits per heavy atom. The Labute approximate surface area is 234 Å². The Morgan fingerprint density at radius 3 is 2.03 bits per heavy atom. The molecule has 0 spiro atoms. The normalized spacial score (nSPS) is 43.1. The standard InChI is InChI=1S/C32H48O7/c1-11-25-19(4)28-20(5)26(36-31(37-28)23-12-14-24(34-10)15-13-23)17(2)16-18(3)27-21(6)29(22(7)30(33)35-25)39-32(8,9)38-27/h11-15,17-22,25-29,31H,1,16H2,2-10H3/t17-,18+,19+,20+,21-,22-,25+,26+,27+,28+,29+,31-/m1/s1. The minimum atomic E-state index is -0.802. The lowest BCUT2D eigenvalue weighted by Crippen LogP contribution is -2.56. The van der Waals surface area contributed by atoms with Gasteiger partial charge >= 0.3 is 5.97 Å². The van der Waals surface area contributed by atoms with E-state index < -0.39 is 24.1 Å². The van der Waals surface area contributed by atoms with Crippen LogP contribution in [0.4, 0.5) is 0 Å². The van der Waals surface area contributed by atoms with Crippen LogP contribution in [0.5, 0.6) is 5.75 Å². The Hall–Kier alpha value is -1.93. The summed E-state index contributed by atoms with van der Waals surface area (Å²) in [6, 6.07) is 7.80. The number of ether oxygens (including phenoxy) is 6. The van der Waals surface area contributed by atoms with Crippen LogP contribution >= 0.6 is 0 Å². The third-order valence-corrected chi connectivity index (χ3v) is 9.11. The molecule has 0 aromatic heterocycles. The molecule has 4 rings (SSSR count). The zero-order chi connectivity index (χ0) is 28.6. The number of cyclic esters (lactones) is 1. The van der Waals surface area contributed by atoms with Crippen LogP contribution in [0.2, 0.25) is 0 Å². The topological polar surface area (TPSA) is 72.5 Å². The van der Waals surface area contributed by atoms with Crippen LogP contribution < -0.4 is 4.74 Å². The monoisotopic (exact) mass is 544 g/mol. The maximum absolute atomic E-state index is 13.5. The molecule has 39 heavy (non-hydrogen) atoms. The maximum Gasteiger partial charge on any atom is 0.311 e. The predicted molar refractivity (Wildman–Crippen MR) is 149 cm³/mol. The number of benzene rings is 1. The van der Waals surface area contributed by atoms with E-state index in [1.165, 1.54) is 0 Å². The summed E-state index contributed by atoms with van der Waals surface area (Å²) in [5, 5.41) is 0. The SMILES string of the molecule is C=C[C@@H]1OC(=O)[C@H](C)[C@H]2OC(C)(C)O[C@H]([C@H]2C)[C@@H](C)C[C@@H](C)[C@@H]2O[C@@H](c3ccc(OC)cc3)O[C@H]([C@H]2C)[C@H]1C. The molecule has 1 aromatic rings. The van der Waals surface area contributed by atoms with Crippen LogP contribution in [0.25, 0.3) is 0 Å². The summed E-state index contributed by atoms with van der Waals surface area (Å²) in [6.07, 6.45) is 0.893. The Kier molecular flexibility index (Phi) is 9.16. The van der Waals surface area contributed by atoms with Crippen molar-refractivity contribution >= 4 is 5.97 Å². The van der Waals surface area contributed by atoms with Crippen molar-refractivity contribution in [3.05, 3.63) is 42.5 Å². The third kappa shape index (κ3) is 6.22. The number of methoxy groups -OCH3 is 1. The molecule has 3 fully saturated rings. The van der Waals surface area contributed by atoms with Gasteiger partial charge in [0.1, 0.15) is 11.9 Å². The van der Waals surface area contributed by atoms with E-state index in [0.717, 1.165) is 17.7 Å². The van der Waals surface area contributed by atoms with Crippen molar-refractivity contribution in [1.82, 2.24) is 0 Å². The van der Waals surface area contributed by atoms with Crippen LogP contribution in [0, 0.1) is 35.5 Å². The van der Waals surface area contributed by atoms with Gasteiger partial charge in [-0.15, -0.1) is 0 Å². The number of rotatable bonds is 3. The van der Waals surface area contributed by atoms with E-state index in [9.17, 15) is 4.79 Å². The molecule has 1 aromatic carbocycles. The molecular formula is C32H48O7. The quantitative estimate of drug-likeness (QED) is 0.326. The van der Waals surface area contributed by atoms with Gasteiger partial charge in [0.2, 0.25) is 0 Å². The summed E-state index contributed by atoms with van der Waals surface area (Å²) >= 11 is 0. The summed E-state index contributed by atoms with van der Waals surface area (Å²) in [7, 11) is 1.65. The van der Waals surface area contributed by atoms with Gasteiger partial charge in [0.05, 0.1) is 37.4 Å². The first kappa shape index (κ1) is 30.0. The summed E-state index contributed by atoms with van der Waals surface area (Å²) < 4.78 is 37.7. The largest absolute Gasteiger partial charge is 0.497 e. The average Bonchev–Trinajstić information content (AvgIpc) is 2.91. The van der Waals surface area contributed by atoms with Gasteiger partial charge in [-0.25, -0.2) is 0 Å². The van der Waals surface area contributed by atoms with Gasteiger partial charge in [-0.2, -0.15) is 0 Å². The van der Waals surface area contributed by atoms with Crippen molar-refractivity contribution in [3.8, 4) is 5.75 Å². The molecule has 0 aliphatic carbocycles. The smallest absolute Gasteiger partial charge is 0.311 e. The zero-order valence-corrected chi connectivity index (χ0v) is 25.1. The van der Waals surface area contributed by atoms with Crippen molar-refractivity contribution < 1.29 is 33.2 Å². The number of hydrogen-bond acceptors (Lipinski definition) is 7. The molecule has 3 heterocycles. The molecular weight excluding hydrogens is 496 g/mol. The Morgan fingerprint density at radius 2 is 1.41 bits per heavy atom. The molecule has 3 aliphatic heterocycles. The van der Waals surface area contributed by atoms with Gasteiger partial charge in [-0.05, 0) is 51.2 Å². The second-order valence-corrected chi connectivity index (χ2v) is 12.6. The minimum Gasteiger partial charge on any atom is -0.497 e. The molecule has 0 radical (unpaired) electrons. The fourth-order valence-corrected chi connectivity index (χ4v) is 6.99. The van der Waals surface area contributed by atoms with Crippen LogP contribution in [-0.4, -0.2) is 49.4 Å². The highest BCUT2D eigenvalue weighted by atomic mass is 16.7. The van der Waals surface area contributed by atoms with Crippen molar-refractivity contribution in [2.24, 2.45) is 35.5 Å². The van der Waals surface area contributed by atoms with Crippen molar-refractivity contribution in [1.29, 1.82) is 0 Å². The molecule has 7 heteroatoms. The third-order valence-electron chi connectivity index (χ3n) is 9.11. The molecule has 3 aliphatic rings. The van der Waals surface area contributed by atoms with Crippen LogP contribution in [-0.2, 0) is 28.5 Å². The van der Waals surface area contributed by atoms with E-state index >= 15 is 0 Å². The molecule has 0 amide bonds. The molecule has 7 nitrogen and oxygen atoms in total. The van der Waals surface area contributed by atoms with Gasteiger partial charge in [0.15, 0.2) is 12.1 Å². The highest BCUT2D eigenvalue weighted by molar-refractivity contribution is 5.73. The van der Waals surface area contributed by atoms with E-state index in [0.29, 0.717) is 0 Å². The first-order chi connectivity index (χ1) is 18.4. The molecule has 4 bridgehead atoms. The van der Waals surface area contributed by atoms with Gasteiger partial charge in [0.25, 0.3) is 0 Å². The number of esters is 1. The molecule has 0 unspecified atom stereocenters. The molecule has 0 saturated carbocycles. The number of hydrogen-bond donors (Lipinski definition) is 0. The predicted octanol–water partition coefficient (Wildman–Crippen LogP) is 6.32. The van der Waals surface area contributed by atoms with Crippen molar-refractivity contribution in [2.75, 3.05) is 7.11 Å². The van der Waals surface area contributed by atoms with Gasteiger partial charge in [0, 0.05) is 23.3 Å². The number of carbonyl (C=O) groups excluding carboxylic acids is 1. The number of fused-ring (bicyclic) bond motifs is 4. The lowest BCUT2D eigenvalue weighted by Gasteiger charge is -2.50. The summed E-state index contributed by atoms with van der Waals surface area (Å²) in [4.78, 5) is 13.5. The molecule has 218 valence electrons. The minimum absolute atomic E-state index is 0.0122. The molecule has 12 atom stereocenters. The van der Waals surface area contributed by atoms with Crippen LogP contribution in [0.1, 0.15) is 73.7 Å². The Bertz CT molecular complexity index is 991. The summed E-state index contributed by atoms with van der Waals surface area (Å²) in [5.41, 5.74) is 0.929. The van der Waals surface area contributed by atoms with Crippen molar-refractivity contribution in [2.45, 2.75) is 104 Å². The number of carbonyl (C=O) groups is 1. The highest BCUT2D eigenvalue weighted by Gasteiger charge is 2.50. The van der Waals surface area contributed by atoms with Gasteiger partial charge in [-0.1, -0.05) is 59.4 Å². The second kappa shape index (κ2) is 11.9. The zero-order valence-electron chi connectivity index (χ0n) is 25.1. The van der Waals surface area contributed by atoms with Crippen LogP contribution in [0.3, 0.4) is 0 Å². The van der Waals surface area contributed by atoms with Crippen LogP contribution in [0.15, 0.2) is 36.9 Å². The fourth-order valence-electron chi connectivity index (χ4n) is 6.99. The van der Waals surface area contributed by atoms with E-state index in [4.69, 9.17) is 28.4 Å². The average molecular weight is 545 g/mol. The van der Waals surface area contributed by atoms with E-state index in [-0.39, 0.29) is 60.0 Å². The Balaban J connectivity index is 1.73. The van der Waals surface area contributed by atoms with Gasteiger partial charge < -0.3 is 28.4 Å². The first-order valence-corrected chi connectivity index (χ1v) is 14.5. The summed E-state index contributed by atoms with van der Waals surface area (Å²) in [6.45, 7) is 20.7. The summed E-state index contributed by atoms with van der Waals surface area (Å²) in [5.74, 6) is -0.369. The van der Waals surface area contributed by atoms with E-state index in [2.05, 4.69) is 41.2 Å². The first-order valence-electron chi connectivity index (χ1n) is 14.5. The molecule has 3 saturated heterocycles. The maximum atomic E-state index is 13.5. The van der Waals surface area contributed by atoms with E-state index in [1.807, 2.05) is 45.0 Å². The lowest BCUT2D eigenvalue weighted by molar-refractivity contribution is -0.336. The van der Waals surface area contributed by atoms with E-state index in [1.54, 1.807) is 13.2 Å².